The fourth-order valence-electron chi connectivity index (χ4n) is 4.17. The predicted molar refractivity (Wildman–Crippen MR) is 137 cm³/mol. The van der Waals surface area contributed by atoms with Crippen LogP contribution in [-0.2, 0) is 20.9 Å². The molecule has 34 heavy (non-hydrogen) atoms. The van der Waals surface area contributed by atoms with Gasteiger partial charge in [0.25, 0.3) is 11.3 Å². The molecule has 2 aromatic carbocycles. The summed E-state index contributed by atoms with van der Waals surface area (Å²) in [5.41, 5.74) is 3.28. The van der Waals surface area contributed by atoms with Crippen molar-refractivity contribution in [3.8, 4) is 11.1 Å². The summed E-state index contributed by atoms with van der Waals surface area (Å²) in [7, 11) is 0. The molecule has 1 amide bonds. The minimum absolute atomic E-state index is 0.0214. The zero-order chi connectivity index (χ0) is 24.7. The third-order valence-electron chi connectivity index (χ3n) is 5.89. The second-order valence-corrected chi connectivity index (χ2v) is 9.99. The number of unbranched alkanes of at least 4 members (excludes halogenated alkanes) is 1. The topological polar surface area (TPSA) is 98.2 Å². The Hall–Kier alpha value is -2.49. The predicted octanol–water partition coefficient (Wildman–Crippen LogP) is 5.60. The molecule has 0 spiro atoms. The van der Waals surface area contributed by atoms with Crippen LogP contribution in [0.3, 0.4) is 0 Å². The Kier molecular flexibility index (Phi) is 9.44. The van der Waals surface area contributed by atoms with E-state index >= 15 is 0 Å². The van der Waals surface area contributed by atoms with E-state index in [-0.39, 0.29) is 12.3 Å². The smallest absolute Gasteiger partial charge is 0.327 e. The van der Waals surface area contributed by atoms with E-state index in [1.54, 1.807) is 29.2 Å². The highest BCUT2D eigenvalue weighted by atomic mass is 79.9. The van der Waals surface area contributed by atoms with Gasteiger partial charge in [-0.1, -0.05) is 46.3 Å². The molecule has 1 aliphatic carbocycles. The first-order valence-electron chi connectivity index (χ1n) is 11.2. The van der Waals surface area contributed by atoms with Gasteiger partial charge in [0, 0.05) is 23.6 Å². The fourth-order valence-corrected chi connectivity index (χ4v) is 5.15. The van der Waals surface area contributed by atoms with Gasteiger partial charge < -0.3 is 10.0 Å². The number of amides is 1. The van der Waals surface area contributed by atoms with Crippen LogP contribution in [0.15, 0.2) is 64.8 Å². The molecule has 2 aromatic rings. The molecule has 0 saturated heterocycles. The second-order valence-electron chi connectivity index (χ2n) is 8.22. The lowest BCUT2D eigenvalue weighted by atomic mass is 10.0. The zero-order valence-corrected chi connectivity index (χ0v) is 21.4. The molecule has 182 valence electrons. The van der Waals surface area contributed by atoms with Crippen LogP contribution in [0.2, 0.25) is 0 Å². The lowest BCUT2D eigenvalue weighted by molar-refractivity contribution is -0.138. The van der Waals surface area contributed by atoms with E-state index in [9.17, 15) is 23.5 Å². The number of rotatable bonds is 11. The van der Waals surface area contributed by atoms with Gasteiger partial charge >= 0.3 is 5.97 Å². The Morgan fingerprint density at radius 2 is 1.68 bits per heavy atom. The molecule has 3 rings (SSSR count). The van der Waals surface area contributed by atoms with Crippen molar-refractivity contribution in [2.45, 2.75) is 51.5 Å². The number of carbonyl (C=O) groups is 2. The molecule has 0 aliphatic heterocycles. The molecule has 2 N–H and O–H groups in total. The summed E-state index contributed by atoms with van der Waals surface area (Å²) in [6, 6.07) is 13.5. The van der Waals surface area contributed by atoms with Gasteiger partial charge in [-0.3, -0.25) is 13.7 Å². The van der Waals surface area contributed by atoms with Crippen LogP contribution < -0.4 is 4.31 Å². The third-order valence-corrected chi connectivity index (χ3v) is 7.22. The number of aliphatic carboxylic acids is 1. The van der Waals surface area contributed by atoms with Crippen molar-refractivity contribution in [1.29, 1.82) is 0 Å². The number of hydrogen-bond acceptors (Lipinski definition) is 3. The number of carboxylic acids is 1. The van der Waals surface area contributed by atoms with Gasteiger partial charge in [0.15, 0.2) is 0 Å². The average molecular weight is 549 g/mol. The maximum Gasteiger partial charge on any atom is 0.327 e. The summed E-state index contributed by atoms with van der Waals surface area (Å²) >= 11 is 0.896. The highest BCUT2D eigenvalue weighted by Crippen LogP contribution is 2.28. The van der Waals surface area contributed by atoms with Crippen LogP contribution in [0.5, 0.6) is 0 Å². The molecule has 7 nitrogen and oxygen atoms in total. The summed E-state index contributed by atoms with van der Waals surface area (Å²) in [6.07, 6.45) is 6.26. The highest BCUT2D eigenvalue weighted by Gasteiger charge is 2.30. The number of carbonyl (C=O) groups excluding carboxylic acids is 1. The van der Waals surface area contributed by atoms with Gasteiger partial charge in [-0.25, -0.2) is 9.00 Å². The summed E-state index contributed by atoms with van der Waals surface area (Å²) in [6.45, 7) is 2.05. The van der Waals surface area contributed by atoms with Crippen LogP contribution >= 0.6 is 15.9 Å². The molecule has 0 heterocycles. The molecule has 0 radical (unpaired) electrons. The number of halogens is 1. The molecular weight excluding hydrogens is 520 g/mol. The van der Waals surface area contributed by atoms with Crippen molar-refractivity contribution in [3.63, 3.8) is 0 Å². The minimum Gasteiger partial charge on any atom is -0.480 e. The maximum atomic E-state index is 12.2. The van der Waals surface area contributed by atoms with Crippen LogP contribution in [0.4, 0.5) is 5.69 Å². The summed E-state index contributed by atoms with van der Waals surface area (Å²) in [4.78, 5) is 25.8. The van der Waals surface area contributed by atoms with E-state index in [0.717, 1.165) is 44.9 Å². The van der Waals surface area contributed by atoms with Gasteiger partial charge in [0.2, 0.25) is 5.91 Å². The van der Waals surface area contributed by atoms with Crippen LogP contribution in [0.1, 0.15) is 45.4 Å². The summed E-state index contributed by atoms with van der Waals surface area (Å²) < 4.78 is 24.1. The lowest BCUT2D eigenvalue weighted by Gasteiger charge is -2.27. The first-order valence-corrected chi connectivity index (χ1v) is 13.1. The maximum absolute atomic E-state index is 12.2. The van der Waals surface area contributed by atoms with Crippen molar-refractivity contribution in [3.05, 3.63) is 64.8 Å². The highest BCUT2D eigenvalue weighted by molar-refractivity contribution is 9.10. The first kappa shape index (κ1) is 26.1. The van der Waals surface area contributed by atoms with Crippen molar-refractivity contribution < 1.29 is 23.5 Å². The average Bonchev–Trinajstić information content (AvgIpc) is 3.33. The van der Waals surface area contributed by atoms with Crippen LogP contribution in [0.25, 0.3) is 11.1 Å². The molecule has 0 bridgehead atoms. The van der Waals surface area contributed by atoms with Crippen molar-refractivity contribution in [2.75, 3.05) is 10.8 Å². The summed E-state index contributed by atoms with van der Waals surface area (Å²) in [5.74, 6) is -1.19. The quantitative estimate of drug-likeness (QED) is 0.281. The molecular formula is C25H29BrN2O5S. The van der Waals surface area contributed by atoms with Gasteiger partial charge in [0.1, 0.15) is 6.04 Å². The van der Waals surface area contributed by atoms with E-state index in [1.807, 2.05) is 24.3 Å². The van der Waals surface area contributed by atoms with Crippen molar-refractivity contribution in [2.24, 2.45) is 0 Å². The normalized spacial score (nSPS) is 14.9. The lowest BCUT2D eigenvalue weighted by Crippen LogP contribution is -2.42. The Labute approximate surface area is 211 Å². The monoisotopic (exact) mass is 548 g/mol. The minimum atomic E-state index is -2.51. The number of carboxylic acid groups (broad SMARTS) is 1. The molecule has 0 fully saturated rings. The van der Waals surface area contributed by atoms with E-state index in [0.29, 0.717) is 25.1 Å². The zero-order valence-electron chi connectivity index (χ0n) is 19.0. The van der Waals surface area contributed by atoms with E-state index in [1.165, 1.54) is 6.92 Å². The Morgan fingerprint density at radius 1 is 1.06 bits per heavy atom. The van der Waals surface area contributed by atoms with Gasteiger partial charge in [-0.15, -0.1) is 0 Å². The van der Waals surface area contributed by atoms with Gasteiger partial charge in [0.05, 0.1) is 5.69 Å². The van der Waals surface area contributed by atoms with E-state index < -0.39 is 23.3 Å². The van der Waals surface area contributed by atoms with Gasteiger partial charge in [-0.05, 0) is 73.9 Å². The molecule has 2 unspecified atom stereocenters. The number of allylic oxidation sites excluding steroid dienone is 2. The van der Waals surface area contributed by atoms with Crippen molar-refractivity contribution >= 4 is 44.8 Å². The number of hydrogen-bond donors (Lipinski definition) is 2. The number of nitrogens with zero attached hydrogens (tertiary/aromatic N) is 2. The SMILES string of the molecule is CC(=O)N(CCCCC(C(=O)O)N(c1ccc(-c2ccc(Br)cc2)cc1)S(=O)O)C1=CCCC1. The van der Waals surface area contributed by atoms with Crippen molar-refractivity contribution in [1.82, 2.24) is 4.90 Å². The largest absolute Gasteiger partial charge is 0.480 e. The molecule has 0 saturated carbocycles. The number of anilines is 1. The van der Waals surface area contributed by atoms with E-state index in [2.05, 4.69) is 22.0 Å². The fraction of sp³-hybridized carbons (Fsp3) is 0.360. The molecule has 9 heteroatoms. The Balaban J connectivity index is 1.68. The standard InChI is InChI=1S/C25H29BrN2O5S/c1-18(29)27(22-6-2-3-7-22)17-5-4-8-24(25(30)31)28(34(32)33)23-15-11-20(12-16-23)19-9-13-21(26)14-10-19/h6,9-16,24H,2-5,7-8,17H2,1H3,(H,30,31)(H,32,33). The Bertz CT molecular complexity index is 1060. The summed E-state index contributed by atoms with van der Waals surface area (Å²) in [5, 5.41) is 9.82. The number of benzene rings is 2. The second kappa shape index (κ2) is 12.3. The van der Waals surface area contributed by atoms with Gasteiger partial charge in [-0.2, -0.15) is 0 Å². The van der Waals surface area contributed by atoms with E-state index in [4.69, 9.17) is 0 Å². The molecule has 1 aliphatic rings. The third kappa shape index (κ3) is 6.77. The molecule has 0 aromatic heterocycles. The Morgan fingerprint density at radius 3 is 2.18 bits per heavy atom. The van der Waals surface area contributed by atoms with Crippen LogP contribution in [-0.4, -0.2) is 43.2 Å². The molecule has 2 atom stereocenters. The first-order chi connectivity index (χ1) is 16.3. The van der Waals surface area contributed by atoms with Crippen LogP contribution in [0, 0.1) is 0 Å².